The molecular formula is C20H26F3NO5. The van der Waals surface area contributed by atoms with Gasteiger partial charge in [-0.2, -0.15) is 13.2 Å². The molecule has 6 nitrogen and oxygen atoms in total. The predicted molar refractivity (Wildman–Crippen MR) is 97.6 cm³/mol. The number of hydrogen-bond donors (Lipinski definition) is 1. The highest BCUT2D eigenvalue weighted by Gasteiger charge is 2.51. The highest BCUT2D eigenvalue weighted by atomic mass is 19.4. The van der Waals surface area contributed by atoms with Crippen LogP contribution in [-0.2, 0) is 21.3 Å². The zero-order valence-corrected chi connectivity index (χ0v) is 16.9. The maximum atomic E-state index is 13.0. The number of methoxy groups -OCH3 is 1. The molecule has 2 aliphatic heterocycles. The van der Waals surface area contributed by atoms with Crippen LogP contribution in [0.5, 0.6) is 5.75 Å². The maximum Gasteiger partial charge on any atom is 0.416 e. The molecule has 162 valence electrons. The molecule has 1 aromatic carbocycles. The quantitative estimate of drug-likeness (QED) is 0.795. The Morgan fingerprint density at radius 2 is 1.79 bits per heavy atom. The number of amides is 1. The normalized spacial score (nSPS) is 27.5. The summed E-state index contributed by atoms with van der Waals surface area (Å²) < 4.78 is 55.3. The van der Waals surface area contributed by atoms with Crippen LogP contribution in [0.15, 0.2) is 18.2 Å². The number of hydrogen-bond acceptors (Lipinski definition) is 5. The third-order valence-electron chi connectivity index (χ3n) is 5.19. The molecule has 2 atom stereocenters. The van der Waals surface area contributed by atoms with Gasteiger partial charge in [0.25, 0.3) is 0 Å². The van der Waals surface area contributed by atoms with Crippen LogP contribution < -0.4 is 4.74 Å². The van der Waals surface area contributed by atoms with Gasteiger partial charge < -0.3 is 19.3 Å². The van der Waals surface area contributed by atoms with E-state index in [-0.39, 0.29) is 37.4 Å². The summed E-state index contributed by atoms with van der Waals surface area (Å²) in [4.78, 5) is 14.3. The van der Waals surface area contributed by atoms with E-state index in [0.29, 0.717) is 0 Å². The molecule has 2 bridgehead atoms. The van der Waals surface area contributed by atoms with Crippen molar-refractivity contribution in [1.29, 1.82) is 0 Å². The van der Waals surface area contributed by atoms with Gasteiger partial charge in [0.1, 0.15) is 11.4 Å². The van der Waals surface area contributed by atoms with Crippen molar-refractivity contribution >= 4 is 6.09 Å². The summed E-state index contributed by atoms with van der Waals surface area (Å²) in [6.07, 6.45) is -4.80. The highest BCUT2D eigenvalue weighted by Crippen LogP contribution is 2.45. The minimum Gasteiger partial charge on any atom is -0.496 e. The van der Waals surface area contributed by atoms with Crippen molar-refractivity contribution < 1.29 is 37.3 Å². The fourth-order valence-electron chi connectivity index (χ4n) is 4.06. The van der Waals surface area contributed by atoms with Gasteiger partial charge >= 0.3 is 12.3 Å². The van der Waals surface area contributed by atoms with E-state index in [1.165, 1.54) is 13.2 Å². The first-order valence-corrected chi connectivity index (χ1v) is 9.41. The van der Waals surface area contributed by atoms with Gasteiger partial charge in [-0.25, -0.2) is 4.79 Å². The monoisotopic (exact) mass is 417 g/mol. The molecule has 0 saturated carbocycles. The van der Waals surface area contributed by atoms with Gasteiger partial charge in [-0.1, -0.05) is 6.07 Å². The van der Waals surface area contributed by atoms with Crippen LogP contribution in [0.1, 0.15) is 44.7 Å². The van der Waals surface area contributed by atoms with Crippen molar-refractivity contribution in [3.05, 3.63) is 29.3 Å². The fourth-order valence-corrected chi connectivity index (χ4v) is 4.06. The van der Waals surface area contributed by atoms with Crippen molar-refractivity contribution in [2.45, 2.75) is 63.1 Å². The van der Waals surface area contributed by atoms with E-state index in [2.05, 4.69) is 0 Å². The van der Waals surface area contributed by atoms with E-state index >= 15 is 0 Å². The maximum absolute atomic E-state index is 13.0. The van der Waals surface area contributed by atoms with Crippen LogP contribution in [-0.4, -0.2) is 54.1 Å². The van der Waals surface area contributed by atoms with Crippen LogP contribution in [0.25, 0.3) is 0 Å². The Bertz CT molecular complexity index is 760. The molecule has 1 amide bonds. The lowest BCUT2D eigenvalue weighted by atomic mass is 9.76. The minimum absolute atomic E-state index is 0.0352. The Labute approximate surface area is 167 Å². The molecule has 2 saturated heterocycles. The zero-order valence-electron chi connectivity index (χ0n) is 16.9. The molecule has 2 unspecified atom stereocenters. The molecule has 0 aliphatic carbocycles. The van der Waals surface area contributed by atoms with E-state index < -0.39 is 41.1 Å². The van der Waals surface area contributed by atoms with E-state index in [1.54, 1.807) is 25.7 Å². The Morgan fingerprint density at radius 1 is 1.21 bits per heavy atom. The number of fused-ring (bicyclic) bond motifs is 2. The van der Waals surface area contributed by atoms with Gasteiger partial charge in [0.15, 0.2) is 0 Å². The summed E-state index contributed by atoms with van der Waals surface area (Å²) in [5, 5.41) is 11.4. The van der Waals surface area contributed by atoms with Crippen LogP contribution in [0.2, 0.25) is 0 Å². The standard InChI is InChI=1S/C20H26F3NO5/c1-18(2,3)29-17(25)24-13-8-19(26,9-14(24)11-28-10-13)15-6-5-12(20(21,22)23)7-16(15)27-4/h5-7,13-14,26H,8-11H2,1-4H3. The highest BCUT2D eigenvalue weighted by molar-refractivity contribution is 5.69. The van der Waals surface area contributed by atoms with Gasteiger partial charge in [-0.05, 0) is 32.9 Å². The summed E-state index contributed by atoms with van der Waals surface area (Å²) in [6, 6.07) is 2.15. The van der Waals surface area contributed by atoms with Crippen molar-refractivity contribution in [3.63, 3.8) is 0 Å². The van der Waals surface area contributed by atoms with Crippen molar-refractivity contribution in [2.75, 3.05) is 20.3 Å². The summed E-state index contributed by atoms with van der Waals surface area (Å²) >= 11 is 0. The predicted octanol–water partition coefficient (Wildman–Crippen LogP) is 3.70. The first kappa shape index (κ1) is 21.7. The molecular weight excluding hydrogens is 391 g/mol. The summed E-state index contributed by atoms with van der Waals surface area (Å²) in [6.45, 7) is 5.72. The summed E-state index contributed by atoms with van der Waals surface area (Å²) in [5.41, 5.74) is -2.70. The second-order valence-electron chi connectivity index (χ2n) is 8.59. The molecule has 0 aromatic heterocycles. The summed E-state index contributed by atoms with van der Waals surface area (Å²) in [5.74, 6) is -0.0352. The number of piperidine rings is 1. The summed E-state index contributed by atoms with van der Waals surface area (Å²) in [7, 11) is 1.27. The second-order valence-corrected chi connectivity index (χ2v) is 8.59. The molecule has 2 aliphatic rings. The largest absolute Gasteiger partial charge is 0.496 e. The number of alkyl halides is 3. The number of nitrogens with zero attached hydrogens (tertiary/aromatic N) is 1. The molecule has 2 fully saturated rings. The van der Waals surface area contributed by atoms with Gasteiger partial charge in [-0.3, -0.25) is 4.90 Å². The van der Waals surface area contributed by atoms with E-state index in [0.717, 1.165) is 12.1 Å². The molecule has 0 spiro atoms. The lowest BCUT2D eigenvalue weighted by Gasteiger charge is -2.51. The average Bonchev–Trinajstić information content (AvgIpc) is 2.58. The smallest absolute Gasteiger partial charge is 0.416 e. The molecule has 29 heavy (non-hydrogen) atoms. The minimum atomic E-state index is -4.52. The van der Waals surface area contributed by atoms with Gasteiger partial charge in [0, 0.05) is 18.4 Å². The Hall–Kier alpha value is -2.00. The van der Waals surface area contributed by atoms with E-state index in [1.807, 2.05) is 0 Å². The van der Waals surface area contributed by atoms with Gasteiger partial charge in [-0.15, -0.1) is 0 Å². The Kier molecular flexibility index (Phi) is 5.51. The second kappa shape index (κ2) is 7.36. The number of benzene rings is 1. The first-order valence-electron chi connectivity index (χ1n) is 9.41. The van der Waals surface area contributed by atoms with E-state index in [4.69, 9.17) is 14.2 Å². The number of aliphatic hydroxyl groups is 1. The number of morpholine rings is 1. The number of halogens is 3. The van der Waals surface area contributed by atoms with E-state index in [9.17, 15) is 23.1 Å². The van der Waals surface area contributed by atoms with Crippen molar-refractivity contribution in [1.82, 2.24) is 4.90 Å². The number of ether oxygens (including phenoxy) is 3. The molecule has 0 radical (unpaired) electrons. The lowest BCUT2D eigenvalue weighted by molar-refractivity contribution is -0.142. The SMILES string of the molecule is COc1cc(C(F)(F)F)ccc1C1(O)CC2COCC(C1)N2C(=O)OC(C)(C)C. The lowest BCUT2D eigenvalue weighted by Crippen LogP contribution is -2.63. The molecule has 2 heterocycles. The topological polar surface area (TPSA) is 68.2 Å². The Morgan fingerprint density at radius 3 is 2.28 bits per heavy atom. The molecule has 9 heteroatoms. The first-order chi connectivity index (χ1) is 13.3. The van der Waals surface area contributed by atoms with Crippen molar-refractivity contribution in [3.8, 4) is 5.75 Å². The zero-order chi connectivity index (χ0) is 21.6. The third kappa shape index (κ3) is 4.45. The molecule has 1 N–H and O–H groups in total. The van der Waals surface area contributed by atoms with Gasteiger partial charge in [0.2, 0.25) is 0 Å². The number of carbonyl (C=O) groups excluding carboxylic acids is 1. The van der Waals surface area contributed by atoms with Crippen LogP contribution in [0.4, 0.5) is 18.0 Å². The number of rotatable bonds is 2. The Balaban J connectivity index is 1.91. The fraction of sp³-hybridized carbons (Fsp3) is 0.650. The van der Waals surface area contributed by atoms with Crippen LogP contribution >= 0.6 is 0 Å². The third-order valence-corrected chi connectivity index (χ3v) is 5.19. The number of carbonyl (C=O) groups is 1. The van der Waals surface area contributed by atoms with Crippen molar-refractivity contribution in [2.24, 2.45) is 0 Å². The average molecular weight is 417 g/mol. The van der Waals surface area contributed by atoms with Crippen LogP contribution in [0, 0.1) is 0 Å². The molecule has 1 aromatic rings. The van der Waals surface area contributed by atoms with Gasteiger partial charge in [0.05, 0.1) is 43.6 Å². The van der Waals surface area contributed by atoms with Crippen LogP contribution in [0.3, 0.4) is 0 Å². The molecule has 3 rings (SSSR count).